The molecule has 0 aromatic heterocycles. The van der Waals surface area contributed by atoms with Crippen LogP contribution < -0.4 is 0 Å². The van der Waals surface area contributed by atoms with Gasteiger partial charge in [-0.3, -0.25) is 4.79 Å². The highest BCUT2D eigenvalue weighted by Crippen LogP contribution is 2.31. The predicted octanol–water partition coefficient (Wildman–Crippen LogP) is 2.79. The molecule has 0 radical (unpaired) electrons. The van der Waals surface area contributed by atoms with E-state index in [1.54, 1.807) is 0 Å². The number of carbonyl (C=O) groups is 1. The standard InChI is InChI=1S/C10H18O/c1-3-8(2)4-7-10(11)9-5-6-9/h8-9H,3-7H2,1-2H3. The predicted molar refractivity (Wildman–Crippen MR) is 46.4 cm³/mol. The van der Waals surface area contributed by atoms with Crippen molar-refractivity contribution in [3.05, 3.63) is 0 Å². The van der Waals surface area contributed by atoms with Crippen molar-refractivity contribution in [3.8, 4) is 0 Å². The Balaban J connectivity index is 2.05. The minimum atomic E-state index is 0.471. The Morgan fingerprint density at radius 1 is 1.55 bits per heavy atom. The molecule has 1 rings (SSSR count). The van der Waals surface area contributed by atoms with Gasteiger partial charge in [0.25, 0.3) is 0 Å². The molecule has 0 N–H and O–H groups in total. The Hall–Kier alpha value is -0.330. The van der Waals surface area contributed by atoms with E-state index >= 15 is 0 Å². The van der Waals surface area contributed by atoms with Gasteiger partial charge in [-0.1, -0.05) is 20.3 Å². The summed E-state index contributed by atoms with van der Waals surface area (Å²) in [6, 6.07) is 0. The van der Waals surface area contributed by atoms with E-state index in [0.717, 1.165) is 18.8 Å². The Morgan fingerprint density at radius 3 is 2.64 bits per heavy atom. The van der Waals surface area contributed by atoms with Gasteiger partial charge in [0, 0.05) is 12.3 Å². The molecule has 1 saturated carbocycles. The minimum Gasteiger partial charge on any atom is -0.299 e. The van der Waals surface area contributed by atoms with Crippen LogP contribution in [0.25, 0.3) is 0 Å². The van der Waals surface area contributed by atoms with Crippen LogP contribution in [-0.4, -0.2) is 5.78 Å². The molecule has 0 amide bonds. The van der Waals surface area contributed by atoms with Gasteiger partial charge in [-0.25, -0.2) is 0 Å². The zero-order chi connectivity index (χ0) is 8.27. The molecule has 0 saturated heterocycles. The molecule has 0 aromatic rings. The number of Topliss-reactive ketones (excluding diaryl/α,β-unsaturated/α-hetero) is 1. The molecule has 64 valence electrons. The van der Waals surface area contributed by atoms with Crippen molar-refractivity contribution in [2.45, 2.75) is 46.0 Å². The molecule has 0 aliphatic heterocycles. The maximum Gasteiger partial charge on any atom is 0.135 e. The van der Waals surface area contributed by atoms with Crippen LogP contribution in [0.1, 0.15) is 46.0 Å². The van der Waals surface area contributed by atoms with Crippen LogP contribution in [0.15, 0.2) is 0 Å². The fraction of sp³-hybridized carbons (Fsp3) is 0.900. The first-order chi connectivity index (χ1) is 5.24. The Kier molecular flexibility index (Phi) is 3.10. The van der Waals surface area contributed by atoms with E-state index in [0.29, 0.717) is 11.7 Å². The zero-order valence-electron chi connectivity index (χ0n) is 7.60. The van der Waals surface area contributed by atoms with Crippen LogP contribution in [0.3, 0.4) is 0 Å². The topological polar surface area (TPSA) is 17.1 Å². The van der Waals surface area contributed by atoms with E-state index in [-0.39, 0.29) is 0 Å². The van der Waals surface area contributed by atoms with Crippen molar-refractivity contribution in [2.24, 2.45) is 11.8 Å². The summed E-state index contributed by atoms with van der Waals surface area (Å²) in [6.45, 7) is 4.41. The van der Waals surface area contributed by atoms with Gasteiger partial charge in [0.1, 0.15) is 5.78 Å². The molecule has 1 aliphatic rings. The first-order valence-corrected chi connectivity index (χ1v) is 4.76. The molecule has 11 heavy (non-hydrogen) atoms. The SMILES string of the molecule is CCC(C)CCC(=O)C1CC1. The van der Waals surface area contributed by atoms with Crippen molar-refractivity contribution in [1.29, 1.82) is 0 Å². The van der Waals surface area contributed by atoms with E-state index in [2.05, 4.69) is 13.8 Å². The maximum absolute atomic E-state index is 11.2. The van der Waals surface area contributed by atoms with Crippen LogP contribution >= 0.6 is 0 Å². The van der Waals surface area contributed by atoms with Crippen LogP contribution in [0.5, 0.6) is 0 Å². The quantitative estimate of drug-likeness (QED) is 0.595. The number of rotatable bonds is 5. The average Bonchev–Trinajstić information content (AvgIpc) is 2.81. The summed E-state index contributed by atoms with van der Waals surface area (Å²) in [7, 11) is 0. The summed E-state index contributed by atoms with van der Waals surface area (Å²) in [5, 5.41) is 0. The molecule has 1 atom stereocenters. The average molecular weight is 154 g/mol. The van der Waals surface area contributed by atoms with Gasteiger partial charge in [-0.05, 0) is 25.2 Å². The smallest absolute Gasteiger partial charge is 0.135 e. The maximum atomic E-state index is 11.2. The Bertz CT molecular complexity index is 136. The van der Waals surface area contributed by atoms with Crippen LogP contribution in [0, 0.1) is 11.8 Å². The van der Waals surface area contributed by atoms with E-state index in [1.165, 1.54) is 19.3 Å². The second-order valence-electron chi connectivity index (χ2n) is 3.79. The molecule has 1 aliphatic carbocycles. The normalized spacial score (nSPS) is 19.8. The number of hydrogen-bond donors (Lipinski definition) is 0. The largest absolute Gasteiger partial charge is 0.299 e. The number of hydrogen-bond acceptors (Lipinski definition) is 1. The summed E-state index contributed by atoms with van der Waals surface area (Å²) < 4.78 is 0. The summed E-state index contributed by atoms with van der Waals surface area (Å²) >= 11 is 0. The number of ketones is 1. The third-order valence-corrected chi connectivity index (χ3v) is 2.61. The van der Waals surface area contributed by atoms with Gasteiger partial charge in [0.15, 0.2) is 0 Å². The van der Waals surface area contributed by atoms with Crippen molar-refractivity contribution >= 4 is 5.78 Å². The molecule has 1 nitrogen and oxygen atoms in total. The molecule has 1 fully saturated rings. The van der Waals surface area contributed by atoms with E-state index < -0.39 is 0 Å². The minimum absolute atomic E-state index is 0.471. The molecule has 1 unspecified atom stereocenters. The summed E-state index contributed by atoms with van der Waals surface area (Å²) in [5.74, 6) is 1.72. The molecule has 0 bridgehead atoms. The highest BCUT2D eigenvalue weighted by Gasteiger charge is 2.28. The van der Waals surface area contributed by atoms with Gasteiger partial charge >= 0.3 is 0 Å². The van der Waals surface area contributed by atoms with Crippen molar-refractivity contribution in [1.82, 2.24) is 0 Å². The second-order valence-corrected chi connectivity index (χ2v) is 3.79. The van der Waals surface area contributed by atoms with Gasteiger partial charge in [-0.15, -0.1) is 0 Å². The molecule has 1 heteroatoms. The van der Waals surface area contributed by atoms with Gasteiger partial charge < -0.3 is 0 Å². The number of carbonyl (C=O) groups excluding carboxylic acids is 1. The molecule has 0 aromatic carbocycles. The second kappa shape index (κ2) is 3.89. The van der Waals surface area contributed by atoms with Crippen molar-refractivity contribution in [2.75, 3.05) is 0 Å². The fourth-order valence-electron chi connectivity index (χ4n) is 1.20. The monoisotopic (exact) mass is 154 g/mol. The molecule has 0 spiro atoms. The molecular weight excluding hydrogens is 136 g/mol. The lowest BCUT2D eigenvalue weighted by atomic mass is 10.00. The van der Waals surface area contributed by atoms with Gasteiger partial charge in [0.2, 0.25) is 0 Å². The van der Waals surface area contributed by atoms with Crippen LogP contribution in [-0.2, 0) is 4.79 Å². The van der Waals surface area contributed by atoms with E-state index in [1.807, 2.05) is 0 Å². The molecule has 0 heterocycles. The highest BCUT2D eigenvalue weighted by molar-refractivity contribution is 5.83. The van der Waals surface area contributed by atoms with E-state index in [9.17, 15) is 4.79 Å². The summed E-state index contributed by atoms with van der Waals surface area (Å²) in [6.07, 6.45) is 5.47. The fourth-order valence-corrected chi connectivity index (χ4v) is 1.20. The molecular formula is C10H18O. The van der Waals surface area contributed by atoms with Crippen LogP contribution in [0.2, 0.25) is 0 Å². The van der Waals surface area contributed by atoms with Crippen LogP contribution in [0.4, 0.5) is 0 Å². The lowest BCUT2D eigenvalue weighted by Gasteiger charge is -2.05. The third kappa shape index (κ3) is 3.04. The van der Waals surface area contributed by atoms with E-state index in [4.69, 9.17) is 0 Å². The lowest BCUT2D eigenvalue weighted by molar-refractivity contribution is -0.120. The third-order valence-electron chi connectivity index (χ3n) is 2.61. The lowest BCUT2D eigenvalue weighted by Crippen LogP contribution is -2.03. The Labute approximate surface area is 69.2 Å². The first kappa shape index (κ1) is 8.76. The summed E-state index contributed by atoms with van der Waals surface area (Å²) in [5.41, 5.74) is 0. The van der Waals surface area contributed by atoms with Crippen molar-refractivity contribution in [3.63, 3.8) is 0 Å². The highest BCUT2D eigenvalue weighted by atomic mass is 16.1. The summed E-state index contributed by atoms with van der Waals surface area (Å²) in [4.78, 5) is 11.2. The first-order valence-electron chi connectivity index (χ1n) is 4.76. The van der Waals surface area contributed by atoms with Gasteiger partial charge in [-0.2, -0.15) is 0 Å². The van der Waals surface area contributed by atoms with Gasteiger partial charge in [0.05, 0.1) is 0 Å². The zero-order valence-corrected chi connectivity index (χ0v) is 7.60. The Morgan fingerprint density at radius 2 is 2.18 bits per heavy atom. The van der Waals surface area contributed by atoms with Crippen molar-refractivity contribution < 1.29 is 4.79 Å².